The zero-order valence-corrected chi connectivity index (χ0v) is 18.1. The van der Waals surface area contributed by atoms with Crippen LogP contribution in [0, 0.1) is 20.8 Å². The number of nitrogens with zero attached hydrogens (tertiary/aromatic N) is 5. The number of aromatic nitrogens is 5. The first kappa shape index (κ1) is 20.2. The lowest BCUT2D eigenvalue weighted by Gasteiger charge is -2.10. The molecular formula is C22H27N5O3. The highest BCUT2D eigenvalue weighted by Crippen LogP contribution is 2.21. The molecule has 0 amide bonds. The van der Waals surface area contributed by atoms with Gasteiger partial charge in [0.2, 0.25) is 5.78 Å². The molecule has 158 valence electrons. The summed E-state index contributed by atoms with van der Waals surface area (Å²) >= 11 is 0. The molecule has 4 aromatic rings. The fourth-order valence-corrected chi connectivity index (χ4v) is 4.05. The van der Waals surface area contributed by atoms with Gasteiger partial charge in [-0.15, -0.1) is 0 Å². The number of aryl methyl sites for hydroxylation is 4. The SMILES string of the molecule is COCCCn1c(C)c(C)n2c3c(=O)n(Cc4ccccc4C)c(=O)n(C)c3nc12. The first-order chi connectivity index (χ1) is 14.4. The quantitative estimate of drug-likeness (QED) is 0.458. The van der Waals surface area contributed by atoms with Crippen LogP contribution in [-0.2, 0) is 24.9 Å². The van der Waals surface area contributed by atoms with Gasteiger partial charge in [-0.05, 0) is 38.3 Å². The Hall–Kier alpha value is -3.13. The maximum atomic E-state index is 13.5. The molecular weight excluding hydrogens is 382 g/mol. The minimum absolute atomic E-state index is 0.230. The Morgan fingerprint density at radius 3 is 2.47 bits per heavy atom. The summed E-state index contributed by atoms with van der Waals surface area (Å²) in [7, 11) is 3.35. The summed E-state index contributed by atoms with van der Waals surface area (Å²) in [5.74, 6) is 0.678. The number of rotatable bonds is 6. The molecule has 0 bridgehead atoms. The largest absolute Gasteiger partial charge is 0.385 e. The molecule has 0 aliphatic carbocycles. The van der Waals surface area contributed by atoms with Crippen LogP contribution in [0.15, 0.2) is 33.9 Å². The van der Waals surface area contributed by atoms with Crippen LogP contribution >= 0.6 is 0 Å². The van der Waals surface area contributed by atoms with Gasteiger partial charge in [0.15, 0.2) is 11.2 Å². The zero-order valence-electron chi connectivity index (χ0n) is 18.1. The average molecular weight is 409 g/mol. The van der Waals surface area contributed by atoms with Crippen LogP contribution in [-0.4, -0.2) is 36.8 Å². The Balaban J connectivity index is 1.98. The molecule has 0 N–H and O–H groups in total. The van der Waals surface area contributed by atoms with E-state index in [9.17, 15) is 9.59 Å². The second kappa shape index (κ2) is 7.60. The van der Waals surface area contributed by atoms with Gasteiger partial charge in [-0.3, -0.25) is 18.3 Å². The molecule has 0 aliphatic rings. The van der Waals surface area contributed by atoms with E-state index in [0.717, 1.165) is 35.5 Å². The van der Waals surface area contributed by atoms with E-state index in [1.165, 1.54) is 9.13 Å². The monoisotopic (exact) mass is 409 g/mol. The molecule has 0 spiro atoms. The van der Waals surface area contributed by atoms with E-state index in [2.05, 4.69) is 4.57 Å². The van der Waals surface area contributed by atoms with Crippen molar-refractivity contribution in [3.8, 4) is 0 Å². The van der Waals surface area contributed by atoms with Crippen molar-refractivity contribution in [3.63, 3.8) is 0 Å². The minimum atomic E-state index is -0.364. The van der Waals surface area contributed by atoms with Crippen LogP contribution in [0.5, 0.6) is 0 Å². The smallest absolute Gasteiger partial charge is 0.332 e. The first-order valence-electron chi connectivity index (χ1n) is 10.1. The van der Waals surface area contributed by atoms with Gasteiger partial charge in [0.05, 0.1) is 6.54 Å². The highest BCUT2D eigenvalue weighted by Gasteiger charge is 2.22. The Morgan fingerprint density at radius 1 is 1.03 bits per heavy atom. The molecule has 3 heterocycles. The summed E-state index contributed by atoms with van der Waals surface area (Å²) in [6, 6.07) is 7.79. The van der Waals surface area contributed by atoms with Crippen molar-refractivity contribution in [2.45, 2.75) is 40.3 Å². The number of hydrogen-bond donors (Lipinski definition) is 0. The second-order valence-electron chi connectivity index (χ2n) is 7.75. The molecule has 0 fully saturated rings. The third kappa shape index (κ3) is 2.99. The van der Waals surface area contributed by atoms with E-state index < -0.39 is 0 Å². The van der Waals surface area contributed by atoms with E-state index in [-0.39, 0.29) is 17.8 Å². The predicted molar refractivity (Wildman–Crippen MR) is 116 cm³/mol. The molecule has 0 unspecified atom stereocenters. The van der Waals surface area contributed by atoms with Gasteiger partial charge in [0.25, 0.3) is 5.56 Å². The number of imidazole rings is 2. The summed E-state index contributed by atoms with van der Waals surface area (Å²) in [5.41, 5.74) is 4.15. The summed E-state index contributed by atoms with van der Waals surface area (Å²) in [6.07, 6.45) is 0.834. The first-order valence-corrected chi connectivity index (χ1v) is 10.1. The van der Waals surface area contributed by atoms with Gasteiger partial charge in [0, 0.05) is 38.7 Å². The van der Waals surface area contributed by atoms with Crippen molar-refractivity contribution in [2.75, 3.05) is 13.7 Å². The van der Waals surface area contributed by atoms with Crippen LogP contribution in [0.2, 0.25) is 0 Å². The van der Waals surface area contributed by atoms with Crippen molar-refractivity contribution in [2.24, 2.45) is 7.05 Å². The van der Waals surface area contributed by atoms with Gasteiger partial charge in [-0.1, -0.05) is 24.3 Å². The molecule has 3 aromatic heterocycles. The average Bonchev–Trinajstić information content (AvgIpc) is 3.22. The van der Waals surface area contributed by atoms with Crippen molar-refractivity contribution in [3.05, 3.63) is 67.6 Å². The lowest BCUT2D eigenvalue weighted by atomic mass is 10.1. The van der Waals surface area contributed by atoms with Gasteiger partial charge in [-0.2, -0.15) is 4.98 Å². The fraction of sp³-hybridized carbons (Fsp3) is 0.409. The summed E-state index contributed by atoms with van der Waals surface area (Å²) in [5, 5.41) is 0. The lowest BCUT2D eigenvalue weighted by Crippen LogP contribution is -2.39. The maximum absolute atomic E-state index is 13.5. The van der Waals surface area contributed by atoms with E-state index >= 15 is 0 Å². The second-order valence-corrected chi connectivity index (χ2v) is 7.75. The topological polar surface area (TPSA) is 75.5 Å². The number of benzene rings is 1. The molecule has 4 rings (SSSR count). The molecule has 8 nitrogen and oxygen atoms in total. The zero-order chi connectivity index (χ0) is 21.6. The molecule has 0 atom stereocenters. The van der Waals surface area contributed by atoms with Crippen molar-refractivity contribution >= 4 is 16.9 Å². The normalized spacial score (nSPS) is 11.8. The van der Waals surface area contributed by atoms with E-state index in [4.69, 9.17) is 9.72 Å². The van der Waals surface area contributed by atoms with Gasteiger partial charge < -0.3 is 9.30 Å². The van der Waals surface area contributed by atoms with Crippen LogP contribution in [0.4, 0.5) is 0 Å². The number of methoxy groups -OCH3 is 1. The van der Waals surface area contributed by atoms with Gasteiger partial charge in [0.1, 0.15) is 0 Å². The predicted octanol–water partition coefficient (Wildman–Crippen LogP) is 2.16. The van der Waals surface area contributed by atoms with Crippen molar-refractivity contribution in [1.29, 1.82) is 0 Å². The Labute approximate surface area is 174 Å². The summed E-state index contributed by atoms with van der Waals surface area (Å²) in [4.78, 5) is 31.2. The third-order valence-electron chi connectivity index (χ3n) is 5.95. The molecule has 0 radical (unpaired) electrons. The minimum Gasteiger partial charge on any atom is -0.385 e. The number of fused-ring (bicyclic) bond motifs is 3. The van der Waals surface area contributed by atoms with Crippen LogP contribution in [0.1, 0.15) is 28.9 Å². The molecule has 0 aliphatic heterocycles. The van der Waals surface area contributed by atoms with Crippen LogP contribution < -0.4 is 11.2 Å². The standard InChI is InChI=1S/C22H27N5O3/c1-14-9-6-7-10-17(14)13-26-20(28)18-19(24(4)22(26)29)23-21-25(11-8-12-30-5)15(2)16(3)27(18)21/h6-7,9-10H,8,11-13H2,1-5H3. The summed E-state index contributed by atoms with van der Waals surface area (Å²) < 4.78 is 11.9. The molecule has 0 saturated carbocycles. The molecule has 0 saturated heterocycles. The number of ether oxygens (including phenoxy) is 1. The van der Waals surface area contributed by atoms with E-state index in [1.807, 2.05) is 49.4 Å². The lowest BCUT2D eigenvalue weighted by molar-refractivity contribution is 0.190. The maximum Gasteiger partial charge on any atom is 0.332 e. The Morgan fingerprint density at radius 2 is 1.77 bits per heavy atom. The van der Waals surface area contributed by atoms with E-state index in [0.29, 0.717) is 23.5 Å². The van der Waals surface area contributed by atoms with Crippen molar-refractivity contribution in [1.82, 2.24) is 23.1 Å². The highest BCUT2D eigenvalue weighted by molar-refractivity contribution is 5.76. The fourth-order valence-electron chi connectivity index (χ4n) is 4.05. The van der Waals surface area contributed by atoms with Crippen LogP contribution in [0.3, 0.4) is 0 Å². The molecule has 1 aromatic carbocycles. The van der Waals surface area contributed by atoms with Crippen molar-refractivity contribution < 1.29 is 4.74 Å². The van der Waals surface area contributed by atoms with E-state index in [1.54, 1.807) is 14.2 Å². The Kier molecular flexibility index (Phi) is 5.11. The van der Waals surface area contributed by atoms with Gasteiger partial charge in [-0.25, -0.2) is 4.79 Å². The van der Waals surface area contributed by atoms with Crippen LogP contribution in [0.25, 0.3) is 16.9 Å². The number of hydrogen-bond acceptors (Lipinski definition) is 4. The van der Waals surface area contributed by atoms with Gasteiger partial charge >= 0.3 is 5.69 Å². The molecule has 8 heteroatoms. The summed E-state index contributed by atoms with van der Waals surface area (Å²) in [6.45, 7) is 7.58. The molecule has 30 heavy (non-hydrogen) atoms. The third-order valence-corrected chi connectivity index (χ3v) is 5.95. The Bertz CT molecular complexity index is 1370. The highest BCUT2D eigenvalue weighted by atomic mass is 16.5.